The van der Waals surface area contributed by atoms with Crippen LogP contribution in [0, 0.1) is 5.92 Å². The molecular weight excluding hydrogens is 214 g/mol. The molecule has 0 spiro atoms. The lowest BCUT2D eigenvalue weighted by Gasteiger charge is -2.23. The third-order valence-corrected chi connectivity index (χ3v) is 4.22. The molecule has 2 aliphatic rings. The van der Waals surface area contributed by atoms with Gasteiger partial charge in [-0.15, -0.1) is 0 Å². The van der Waals surface area contributed by atoms with E-state index in [-0.39, 0.29) is 5.54 Å². The summed E-state index contributed by atoms with van der Waals surface area (Å²) in [5.74, 6) is 2.84. The Kier molecular flexibility index (Phi) is 2.69. The highest BCUT2D eigenvalue weighted by atomic mass is 16.5. The molecule has 2 aliphatic carbocycles. The molecule has 1 aromatic rings. The fraction of sp³-hybridized carbons (Fsp3) is 0.846. The summed E-state index contributed by atoms with van der Waals surface area (Å²) < 4.78 is 5.33. The van der Waals surface area contributed by atoms with Crippen LogP contribution >= 0.6 is 0 Å². The molecule has 0 saturated heterocycles. The van der Waals surface area contributed by atoms with Crippen LogP contribution in [0.2, 0.25) is 0 Å². The summed E-state index contributed by atoms with van der Waals surface area (Å²) in [7, 11) is 0. The molecule has 2 unspecified atom stereocenters. The monoisotopic (exact) mass is 235 g/mol. The molecule has 17 heavy (non-hydrogen) atoms. The number of aromatic nitrogens is 2. The van der Waals surface area contributed by atoms with Crippen molar-refractivity contribution < 1.29 is 4.52 Å². The Bertz CT molecular complexity index is 399. The maximum absolute atomic E-state index is 6.49. The van der Waals surface area contributed by atoms with Crippen molar-refractivity contribution in [2.75, 3.05) is 0 Å². The minimum absolute atomic E-state index is 0.346. The molecule has 3 rings (SSSR count). The van der Waals surface area contributed by atoms with Gasteiger partial charge in [-0.2, -0.15) is 4.98 Å². The van der Waals surface area contributed by atoms with E-state index in [1.165, 1.54) is 32.1 Å². The molecule has 2 saturated carbocycles. The summed E-state index contributed by atoms with van der Waals surface area (Å²) in [6.07, 6.45) is 7.96. The zero-order valence-corrected chi connectivity index (χ0v) is 10.5. The van der Waals surface area contributed by atoms with E-state index in [9.17, 15) is 0 Å². The molecule has 1 heterocycles. The molecule has 4 heteroatoms. The molecule has 0 aliphatic heterocycles. The van der Waals surface area contributed by atoms with Crippen molar-refractivity contribution in [3.8, 4) is 0 Å². The normalized spacial score (nSPS) is 34.6. The van der Waals surface area contributed by atoms with Gasteiger partial charge < -0.3 is 10.3 Å². The molecular formula is C13H21N3O. The highest BCUT2D eigenvalue weighted by Gasteiger charge is 2.37. The largest absolute Gasteiger partial charge is 0.339 e. The average Bonchev–Trinajstić information content (AvgIpc) is 3.06. The quantitative estimate of drug-likeness (QED) is 0.800. The van der Waals surface area contributed by atoms with E-state index in [0.717, 1.165) is 30.5 Å². The number of hydrogen-bond donors (Lipinski definition) is 1. The van der Waals surface area contributed by atoms with Crippen LogP contribution in [-0.4, -0.2) is 10.1 Å². The zero-order valence-electron chi connectivity index (χ0n) is 10.5. The third-order valence-electron chi connectivity index (χ3n) is 4.22. The van der Waals surface area contributed by atoms with Gasteiger partial charge in [-0.1, -0.05) is 24.9 Å². The van der Waals surface area contributed by atoms with Crippen LogP contribution < -0.4 is 5.73 Å². The van der Waals surface area contributed by atoms with Gasteiger partial charge in [-0.25, -0.2) is 0 Å². The second kappa shape index (κ2) is 4.09. The highest BCUT2D eigenvalue weighted by molar-refractivity contribution is 5.09. The number of nitrogens with two attached hydrogens (primary N) is 1. The molecule has 0 aromatic carbocycles. The molecule has 0 bridgehead atoms. The van der Waals surface area contributed by atoms with Crippen molar-refractivity contribution in [2.24, 2.45) is 11.7 Å². The van der Waals surface area contributed by atoms with Crippen LogP contribution in [0.5, 0.6) is 0 Å². The highest BCUT2D eigenvalue weighted by Crippen LogP contribution is 2.40. The molecule has 0 amide bonds. The lowest BCUT2D eigenvalue weighted by molar-refractivity contribution is 0.322. The minimum atomic E-state index is -0.346. The first kappa shape index (κ1) is 11.2. The van der Waals surface area contributed by atoms with Gasteiger partial charge in [-0.05, 0) is 38.0 Å². The number of nitrogens with zero attached hydrogens (tertiary/aromatic N) is 2. The zero-order chi connectivity index (χ0) is 11.9. The molecule has 4 nitrogen and oxygen atoms in total. The second-order valence-electron chi connectivity index (χ2n) is 5.92. The van der Waals surface area contributed by atoms with Gasteiger partial charge in [0.2, 0.25) is 5.89 Å². The van der Waals surface area contributed by atoms with E-state index in [2.05, 4.69) is 17.1 Å². The van der Waals surface area contributed by atoms with Crippen molar-refractivity contribution in [1.29, 1.82) is 0 Å². The van der Waals surface area contributed by atoms with Crippen molar-refractivity contribution in [3.05, 3.63) is 11.7 Å². The van der Waals surface area contributed by atoms with E-state index in [4.69, 9.17) is 10.3 Å². The lowest BCUT2D eigenvalue weighted by atomic mass is 9.90. The van der Waals surface area contributed by atoms with Gasteiger partial charge in [0.05, 0.1) is 5.54 Å². The topological polar surface area (TPSA) is 64.9 Å². The van der Waals surface area contributed by atoms with E-state index >= 15 is 0 Å². The van der Waals surface area contributed by atoms with Crippen LogP contribution in [0.15, 0.2) is 4.52 Å². The van der Waals surface area contributed by atoms with Gasteiger partial charge >= 0.3 is 0 Å². The maximum Gasteiger partial charge on any atom is 0.229 e. The van der Waals surface area contributed by atoms with Crippen molar-refractivity contribution in [1.82, 2.24) is 10.1 Å². The molecule has 2 N–H and O–H groups in total. The summed E-state index contributed by atoms with van der Waals surface area (Å²) in [5, 5.41) is 4.13. The van der Waals surface area contributed by atoms with E-state index < -0.39 is 0 Å². The van der Waals surface area contributed by atoms with Gasteiger partial charge in [0, 0.05) is 5.92 Å². The molecule has 2 atom stereocenters. The van der Waals surface area contributed by atoms with Crippen LogP contribution in [0.3, 0.4) is 0 Å². The summed E-state index contributed by atoms with van der Waals surface area (Å²) in [5.41, 5.74) is 6.15. The molecule has 0 radical (unpaired) electrons. The summed E-state index contributed by atoms with van der Waals surface area (Å²) in [6, 6.07) is 0. The minimum Gasteiger partial charge on any atom is -0.339 e. The third kappa shape index (κ3) is 2.23. The summed E-state index contributed by atoms with van der Waals surface area (Å²) in [4.78, 5) is 4.53. The predicted molar refractivity (Wildman–Crippen MR) is 64.4 cm³/mol. The Labute approximate surface area is 102 Å². The van der Waals surface area contributed by atoms with Gasteiger partial charge in [0.25, 0.3) is 0 Å². The predicted octanol–water partition coefficient (Wildman–Crippen LogP) is 2.70. The van der Waals surface area contributed by atoms with Gasteiger partial charge in [0.1, 0.15) is 0 Å². The fourth-order valence-corrected chi connectivity index (χ4v) is 2.70. The fourth-order valence-electron chi connectivity index (χ4n) is 2.70. The summed E-state index contributed by atoms with van der Waals surface area (Å²) >= 11 is 0. The summed E-state index contributed by atoms with van der Waals surface area (Å²) in [6.45, 7) is 2.30. The average molecular weight is 235 g/mol. The standard InChI is InChI=1S/C13H21N3O/c1-9-3-2-7-13(14,8-6-9)12-15-11(17-16-12)10-4-5-10/h9-10H,2-8,14H2,1H3. The first-order chi connectivity index (χ1) is 8.17. The first-order valence-corrected chi connectivity index (χ1v) is 6.80. The van der Waals surface area contributed by atoms with Gasteiger partial charge in [-0.3, -0.25) is 0 Å². The van der Waals surface area contributed by atoms with Crippen LogP contribution in [0.1, 0.15) is 69.5 Å². The van der Waals surface area contributed by atoms with Crippen LogP contribution in [0.25, 0.3) is 0 Å². The Hall–Kier alpha value is -0.900. The van der Waals surface area contributed by atoms with Crippen LogP contribution in [0.4, 0.5) is 0 Å². The molecule has 94 valence electrons. The molecule has 1 aromatic heterocycles. The van der Waals surface area contributed by atoms with Crippen LogP contribution in [-0.2, 0) is 5.54 Å². The SMILES string of the molecule is CC1CCCC(N)(c2noc(C3CC3)n2)CC1. The smallest absolute Gasteiger partial charge is 0.229 e. The maximum atomic E-state index is 6.49. The van der Waals surface area contributed by atoms with E-state index in [1.54, 1.807) is 0 Å². The van der Waals surface area contributed by atoms with E-state index in [1.807, 2.05) is 0 Å². The van der Waals surface area contributed by atoms with Gasteiger partial charge in [0.15, 0.2) is 5.82 Å². The van der Waals surface area contributed by atoms with E-state index in [0.29, 0.717) is 5.92 Å². The Morgan fingerprint density at radius 1 is 1.24 bits per heavy atom. The first-order valence-electron chi connectivity index (χ1n) is 6.80. The van der Waals surface area contributed by atoms with Crippen molar-refractivity contribution >= 4 is 0 Å². The molecule has 2 fully saturated rings. The van der Waals surface area contributed by atoms with Crippen molar-refractivity contribution in [2.45, 2.75) is 63.3 Å². The number of rotatable bonds is 2. The lowest BCUT2D eigenvalue weighted by Crippen LogP contribution is -2.37. The Morgan fingerprint density at radius 3 is 2.82 bits per heavy atom. The Morgan fingerprint density at radius 2 is 2.06 bits per heavy atom. The Balaban J connectivity index is 1.79. The second-order valence-corrected chi connectivity index (χ2v) is 5.92. The van der Waals surface area contributed by atoms with Crippen molar-refractivity contribution in [3.63, 3.8) is 0 Å². The number of hydrogen-bond acceptors (Lipinski definition) is 4.